The summed E-state index contributed by atoms with van der Waals surface area (Å²) in [6.07, 6.45) is -4.55. The van der Waals surface area contributed by atoms with Crippen LogP contribution >= 0.6 is 34.8 Å². The summed E-state index contributed by atoms with van der Waals surface area (Å²) in [5.74, 6) is -1.78. The second-order valence-electron chi connectivity index (χ2n) is 5.50. The first-order valence-electron chi connectivity index (χ1n) is 6.59. The summed E-state index contributed by atoms with van der Waals surface area (Å²) in [6.45, 7) is 0.670. The molecule has 1 aromatic rings. The molecule has 1 N–H and O–H groups in total. The number of ether oxygens (including phenoxy) is 1. The van der Waals surface area contributed by atoms with Crippen LogP contribution in [-0.2, 0) is 20.5 Å². The largest absolute Gasteiger partial charge is 0.455 e. The van der Waals surface area contributed by atoms with Gasteiger partial charge in [0.1, 0.15) is 9.75 Å². The lowest BCUT2D eigenvalue weighted by Crippen LogP contribution is -2.27. The Balaban J connectivity index is 2.03. The van der Waals surface area contributed by atoms with Gasteiger partial charge in [-0.3, -0.25) is 9.59 Å². The molecular weight excluding hydrogens is 394 g/mol. The average molecular weight is 405 g/mol. The fourth-order valence-corrected chi connectivity index (χ4v) is 2.89. The highest BCUT2D eigenvalue weighted by Gasteiger charge is 2.69. The third-order valence-electron chi connectivity index (χ3n) is 3.63. The van der Waals surface area contributed by atoms with Gasteiger partial charge in [-0.05, 0) is 19.1 Å². The van der Waals surface area contributed by atoms with Gasteiger partial charge in [-0.15, -0.1) is 23.2 Å². The molecule has 0 bridgehead atoms. The SMILES string of the molecule is CC1(C(=O)OCC(=O)Nc2c(Cl)cccc2C(F)(F)F)CC1(Cl)Cl. The van der Waals surface area contributed by atoms with E-state index in [4.69, 9.17) is 39.5 Å². The lowest BCUT2D eigenvalue weighted by molar-refractivity contribution is -0.152. The molecule has 24 heavy (non-hydrogen) atoms. The number of rotatable bonds is 4. The fraction of sp³-hybridized carbons (Fsp3) is 0.429. The van der Waals surface area contributed by atoms with Gasteiger partial charge in [-0.25, -0.2) is 0 Å². The number of amides is 1. The molecule has 0 radical (unpaired) electrons. The first-order valence-corrected chi connectivity index (χ1v) is 7.72. The van der Waals surface area contributed by atoms with Gasteiger partial charge in [-0.1, -0.05) is 17.7 Å². The van der Waals surface area contributed by atoms with Crippen LogP contribution in [0.5, 0.6) is 0 Å². The first kappa shape index (κ1) is 19.1. The van der Waals surface area contributed by atoms with Crippen LogP contribution in [0.1, 0.15) is 18.9 Å². The van der Waals surface area contributed by atoms with Gasteiger partial charge >= 0.3 is 12.1 Å². The normalized spacial score (nSPS) is 22.0. The van der Waals surface area contributed by atoms with Crippen molar-refractivity contribution in [1.82, 2.24) is 0 Å². The molecule has 10 heteroatoms. The molecule has 0 spiro atoms. The van der Waals surface area contributed by atoms with E-state index in [-0.39, 0.29) is 11.4 Å². The number of hydrogen-bond donors (Lipinski definition) is 1. The van der Waals surface area contributed by atoms with Gasteiger partial charge in [0.15, 0.2) is 6.61 Å². The van der Waals surface area contributed by atoms with Crippen molar-refractivity contribution in [3.05, 3.63) is 28.8 Å². The smallest absolute Gasteiger partial charge is 0.418 e. The Labute approximate surface area is 150 Å². The number of alkyl halides is 5. The molecule has 1 atom stereocenters. The van der Waals surface area contributed by atoms with Crippen LogP contribution in [0.4, 0.5) is 18.9 Å². The molecule has 1 fully saturated rings. The van der Waals surface area contributed by atoms with Crippen LogP contribution in [0, 0.1) is 5.41 Å². The van der Waals surface area contributed by atoms with Crippen LogP contribution in [0.25, 0.3) is 0 Å². The molecule has 4 nitrogen and oxygen atoms in total. The lowest BCUT2D eigenvalue weighted by atomic mass is 10.1. The van der Waals surface area contributed by atoms with Crippen molar-refractivity contribution >= 4 is 52.4 Å². The molecule has 0 aromatic heterocycles. The Morgan fingerprint density at radius 1 is 1.33 bits per heavy atom. The van der Waals surface area contributed by atoms with E-state index in [1.54, 1.807) is 0 Å². The zero-order valence-corrected chi connectivity index (χ0v) is 14.4. The number of hydrogen-bond acceptors (Lipinski definition) is 3. The third kappa shape index (κ3) is 3.73. The van der Waals surface area contributed by atoms with Gasteiger partial charge in [0.2, 0.25) is 0 Å². The summed E-state index contributed by atoms with van der Waals surface area (Å²) in [5.41, 5.74) is -2.85. The van der Waals surface area contributed by atoms with E-state index in [0.29, 0.717) is 0 Å². The molecule has 1 aliphatic rings. The highest BCUT2D eigenvalue weighted by atomic mass is 35.5. The maximum atomic E-state index is 12.9. The lowest BCUT2D eigenvalue weighted by Gasteiger charge is -2.16. The minimum Gasteiger partial charge on any atom is -0.455 e. The van der Waals surface area contributed by atoms with Crippen LogP contribution < -0.4 is 5.32 Å². The molecule has 1 amide bonds. The number of carbonyl (C=O) groups excluding carboxylic acids is 2. The number of esters is 1. The maximum absolute atomic E-state index is 12.9. The number of halogens is 6. The maximum Gasteiger partial charge on any atom is 0.418 e. The zero-order valence-electron chi connectivity index (χ0n) is 12.1. The topological polar surface area (TPSA) is 55.4 Å². The van der Waals surface area contributed by atoms with Crippen molar-refractivity contribution in [1.29, 1.82) is 0 Å². The summed E-state index contributed by atoms with van der Waals surface area (Å²) in [6, 6.07) is 3.07. The number of anilines is 1. The predicted octanol–water partition coefficient (Wildman–Crippen LogP) is 4.42. The monoisotopic (exact) mass is 403 g/mol. The number of carbonyl (C=O) groups is 2. The summed E-state index contributed by atoms with van der Waals surface area (Å²) in [5, 5.41) is 1.71. The molecule has 1 saturated carbocycles. The van der Waals surface area contributed by atoms with E-state index in [0.717, 1.165) is 12.1 Å². The minimum atomic E-state index is -4.71. The molecule has 2 rings (SSSR count). The summed E-state index contributed by atoms with van der Waals surface area (Å²) in [4.78, 5) is 23.6. The van der Waals surface area contributed by atoms with Crippen LogP contribution in [0.3, 0.4) is 0 Å². The number of nitrogens with one attached hydrogen (secondary N) is 1. The van der Waals surface area contributed by atoms with E-state index < -0.39 is 45.7 Å². The Kier molecular flexibility index (Phi) is 5.01. The van der Waals surface area contributed by atoms with Gasteiger partial charge in [0, 0.05) is 6.42 Å². The van der Waals surface area contributed by atoms with Crippen LogP contribution in [-0.4, -0.2) is 22.8 Å². The van der Waals surface area contributed by atoms with Crippen molar-refractivity contribution < 1.29 is 27.5 Å². The van der Waals surface area contributed by atoms with Crippen molar-refractivity contribution in [3.8, 4) is 0 Å². The predicted molar refractivity (Wildman–Crippen MR) is 83.2 cm³/mol. The Morgan fingerprint density at radius 3 is 2.42 bits per heavy atom. The molecule has 1 aromatic carbocycles. The molecule has 132 valence electrons. The van der Waals surface area contributed by atoms with E-state index in [2.05, 4.69) is 0 Å². The van der Waals surface area contributed by atoms with Gasteiger partial charge < -0.3 is 10.1 Å². The van der Waals surface area contributed by atoms with Crippen LogP contribution in [0.2, 0.25) is 5.02 Å². The highest BCUT2D eigenvalue weighted by molar-refractivity contribution is 6.53. The summed E-state index contributed by atoms with van der Waals surface area (Å²) in [7, 11) is 0. The molecule has 0 heterocycles. The first-order chi connectivity index (χ1) is 10.9. The van der Waals surface area contributed by atoms with E-state index in [9.17, 15) is 22.8 Å². The van der Waals surface area contributed by atoms with Gasteiger partial charge in [-0.2, -0.15) is 13.2 Å². The Bertz CT molecular complexity index is 694. The molecule has 0 saturated heterocycles. The number of para-hydroxylation sites is 1. The molecule has 1 aliphatic carbocycles. The second-order valence-corrected chi connectivity index (χ2v) is 7.39. The average Bonchev–Trinajstić information content (AvgIpc) is 2.97. The van der Waals surface area contributed by atoms with Crippen molar-refractivity contribution in [3.63, 3.8) is 0 Å². The number of benzene rings is 1. The highest BCUT2D eigenvalue weighted by Crippen LogP contribution is 2.64. The quantitative estimate of drug-likeness (QED) is 0.597. The van der Waals surface area contributed by atoms with E-state index in [1.165, 1.54) is 13.0 Å². The zero-order chi connectivity index (χ0) is 18.3. The second kappa shape index (κ2) is 6.28. The molecular formula is C14H11Cl3F3NO3. The Hall–Kier alpha value is -1.18. The van der Waals surface area contributed by atoms with Crippen molar-refractivity contribution in [2.24, 2.45) is 5.41 Å². The van der Waals surface area contributed by atoms with Gasteiger partial charge in [0.25, 0.3) is 5.91 Å². The van der Waals surface area contributed by atoms with E-state index in [1.807, 2.05) is 5.32 Å². The summed E-state index contributed by atoms with van der Waals surface area (Å²) >= 11 is 17.3. The molecule has 0 aliphatic heterocycles. The fourth-order valence-electron chi connectivity index (χ4n) is 1.97. The standard InChI is InChI=1S/C14H11Cl3F3NO3/c1-12(6-13(12,16)17)11(23)24-5-9(22)21-10-7(14(18,19)20)3-2-4-8(10)15/h2-4H,5-6H2,1H3,(H,21,22). The summed E-state index contributed by atoms with van der Waals surface area (Å²) < 4.78 is 42.2. The minimum absolute atomic E-state index is 0.159. The van der Waals surface area contributed by atoms with Crippen LogP contribution in [0.15, 0.2) is 18.2 Å². The Morgan fingerprint density at radius 2 is 1.92 bits per heavy atom. The van der Waals surface area contributed by atoms with E-state index >= 15 is 0 Å². The van der Waals surface area contributed by atoms with Crippen molar-refractivity contribution in [2.75, 3.05) is 11.9 Å². The van der Waals surface area contributed by atoms with Crippen molar-refractivity contribution in [2.45, 2.75) is 23.9 Å². The van der Waals surface area contributed by atoms with Gasteiger partial charge in [0.05, 0.1) is 16.3 Å². The third-order valence-corrected chi connectivity index (χ3v) is 5.04. The molecule has 1 unspecified atom stereocenters.